The van der Waals surface area contributed by atoms with Crippen molar-refractivity contribution in [2.24, 2.45) is 0 Å². The molecule has 0 aliphatic heterocycles. The van der Waals surface area contributed by atoms with Gasteiger partial charge in [-0.2, -0.15) is 0 Å². The van der Waals surface area contributed by atoms with E-state index in [1.165, 1.54) is 69.8 Å². The third kappa shape index (κ3) is 7.53. The highest BCUT2D eigenvalue weighted by molar-refractivity contribution is 5.24. The maximum atomic E-state index is 3.91. The smallest absolute Gasteiger partial charge is 0.0238 e. The van der Waals surface area contributed by atoms with Gasteiger partial charge in [0.25, 0.3) is 0 Å². The fraction of sp³-hybridized carbons (Fsp3) is 0.611. The fourth-order valence-corrected chi connectivity index (χ4v) is 2.35. The molecule has 0 atom stereocenters. The van der Waals surface area contributed by atoms with E-state index < -0.39 is 0 Å². The van der Waals surface area contributed by atoms with Crippen molar-refractivity contribution < 1.29 is 0 Å². The Morgan fingerprint density at radius 3 is 1.78 bits per heavy atom. The highest BCUT2D eigenvalue weighted by Crippen LogP contribution is 2.12. The minimum atomic E-state index is 1.12. The number of benzene rings is 1. The molecule has 0 bridgehead atoms. The Labute approximate surface area is 114 Å². The molecular formula is C18H29. The van der Waals surface area contributed by atoms with Gasteiger partial charge in [0, 0.05) is 0 Å². The topological polar surface area (TPSA) is 0 Å². The van der Waals surface area contributed by atoms with Gasteiger partial charge in [0.05, 0.1) is 0 Å². The van der Waals surface area contributed by atoms with Crippen molar-refractivity contribution >= 4 is 0 Å². The van der Waals surface area contributed by atoms with Crippen molar-refractivity contribution in [1.82, 2.24) is 0 Å². The summed E-state index contributed by atoms with van der Waals surface area (Å²) in [7, 11) is 0. The molecule has 0 aliphatic rings. The molecule has 0 heterocycles. The largest absolute Gasteiger partial charge is 0.0654 e. The SMILES string of the molecule is [CH2]c1ccc(CCCCCCCCCCC)cc1. The van der Waals surface area contributed by atoms with Gasteiger partial charge in [0.1, 0.15) is 0 Å². The Kier molecular flexibility index (Phi) is 8.63. The van der Waals surface area contributed by atoms with Crippen LogP contribution in [-0.4, -0.2) is 0 Å². The standard InChI is InChI=1S/C18H29/c1-3-4-5-6-7-8-9-10-11-12-18-15-13-17(2)14-16-18/h13-16H,2-12H2,1H3. The van der Waals surface area contributed by atoms with Crippen molar-refractivity contribution in [3.05, 3.63) is 42.3 Å². The molecule has 1 rings (SSSR count). The van der Waals surface area contributed by atoms with Crippen LogP contribution in [0.15, 0.2) is 24.3 Å². The Bertz CT molecular complexity index is 283. The van der Waals surface area contributed by atoms with Crippen LogP contribution in [-0.2, 0) is 6.42 Å². The van der Waals surface area contributed by atoms with E-state index in [9.17, 15) is 0 Å². The molecule has 101 valence electrons. The van der Waals surface area contributed by atoms with Crippen molar-refractivity contribution in [3.63, 3.8) is 0 Å². The Hall–Kier alpha value is -0.780. The highest BCUT2D eigenvalue weighted by atomic mass is 14.0. The maximum absolute atomic E-state index is 3.91. The number of rotatable bonds is 10. The van der Waals surface area contributed by atoms with Crippen LogP contribution in [0.4, 0.5) is 0 Å². The predicted molar refractivity (Wildman–Crippen MR) is 81.8 cm³/mol. The first-order valence-electron chi connectivity index (χ1n) is 7.74. The van der Waals surface area contributed by atoms with Crippen LogP contribution in [0, 0.1) is 6.92 Å². The number of hydrogen-bond donors (Lipinski definition) is 0. The lowest BCUT2D eigenvalue weighted by molar-refractivity contribution is 0.565. The first kappa shape index (κ1) is 15.3. The van der Waals surface area contributed by atoms with Gasteiger partial charge in [-0.1, -0.05) is 82.6 Å². The molecule has 18 heavy (non-hydrogen) atoms. The molecule has 0 N–H and O–H groups in total. The Morgan fingerprint density at radius 1 is 0.722 bits per heavy atom. The third-order valence-corrected chi connectivity index (χ3v) is 3.59. The lowest BCUT2D eigenvalue weighted by atomic mass is 10.0. The van der Waals surface area contributed by atoms with Gasteiger partial charge in [-0.15, -0.1) is 0 Å². The zero-order valence-corrected chi connectivity index (χ0v) is 12.1. The Morgan fingerprint density at radius 2 is 1.22 bits per heavy atom. The van der Waals surface area contributed by atoms with Crippen LogP contribution in [0.25, 0.3) is 0 Å². The van der Waals surface area contributed by atoms with Crippen LogP contribution in [0.3, 0.4) is 0 Å². The number of aryl methyl sites for hydroxylation is 1. The molecule has 0 fully saturated rings. The number of unbranched alkanes of at least 4 members (excludes halogenated alkanes) is 8. The summed E-state index contributed by atoms with van der Waals surface area (Å²) in [5.41, 5.74) is 2.58. The first-order valence-corrected chi connectivity index (χ1v) is 7.74. The minimum absolute atomic E-state index is 1.12. The zero-order valence-electron chi connectivity index (χ0n) is 12.1. The van der Waals surface area contributed by atoms with Crippen molar-refractivity contribution in [3.8, 4) is 0 Å². The Balaban J connectivity index is 1.91. The van der Waals surface area contributed by atoms with Gasteiger partial charge >= 0.3 is 0 Å². The average molecular weight is 245 g/mol. The second-order valence-electron chi connectivity index (χ2n) is 5.39. The molecule has 0 spiro atoms. The van der Waals surface area contributed by atoms with Gasteiger partial charge in [-0.25, -0.2) is 0 Å². The summed E-state index contributed by atoms with van der Waals surface area (Å²) in [4.78, 5) is 0. The molecule has 0 saturated carbocycles. The van der Waals surface area contributed by atoms with Gasteiger partial charge in [-0.3, -0.25) is 0 Å². The monoisotopic (exact) mass is 245 g/mol. The predicted octanol–water partition coefficient (Wildman–Crippen LogP) is 5.94. The van der Waals surface area contributed by atoms with Crippen LogP contribution in [0.1, 0.15) is 75.8 Å². The van der Waals surface area contributed by atoms with Gasteiger partial charge < -0.3 is 0 Å². The van der Waals surface area contributed by atoms with Crippen LogP contribution in [0.5, 0.6) is 0 Å². The van der Waals surface area contributed by atoms with E-state index in [1.807, 2.05) is 0 Å². The molecular weight excluding hydrogens is 216 g/mol. The van der Waals surface area contributed by atoms with E-state index in [0.29, 0.717) is 0 Å². The maximum Gasteiger partial charge on any atom is -0.0238 e. The minimum Gasteiger partial charge on any atom is -0.0654 e. The van der Waals surface area contributed by atoms with Crippen LogP contribution >= 0.6 is 0 Å². The van der Waals surface area contributed by atoms with Crippen molar-refractivity contribution in [1.29, 1.82) is 0 Å². The van der Waals surface area contributed by atoms with Gasteiger partial charge in [-0.05, 0) is 30.9 Å². The lowest BCUT2D eigenvalue weighted by Crippen LogP contribution is -1.86. The zero-order chi connectivity index (χ0) is 13.1. The van der Waals surface area contributed by atoms with Gasteiger partial charge in [0.15, 0.2) is 0 Å². The van der Waals surface area contributed by atoms with E-state index in [2.05, 4.69) is 38.1 Å². The fourth-order valence-electron chi connectivity index (χ4n) is 2.35. The summed E-state index contributed by atoms with van der Waals surface area (Å²) in [5.74, 6) is 0. The molecule has 0 saturated heterocycles. The second-order valence-corrected chi connectivity index (χ2v) is 5.39. The summed E-state index contributed by atoms with van der Waals surface area (Å²) in [6.45, 7) is 6.19. The normalized spacial score (nSPS) is 10.8. The molecule has 0 amide bonds. The van der Waals surface area contributed by atoms with E-state index in [4.69, 9.17) is 0 Å². The van der Waals surface area contributed by atoms with Crippen LogP contribution < -0.4 is 0 Å². The second kappa shape index (κ2) is 10.2. The van der Waals surface area contributed by atoms with E-state index >= 15 is 0 Å². The summed E-state index contributed by atoms with van der Waals surface area (Å²) in [6.07, 6.45) is 13.9. The first-order chi connectivity index (χ1) is 8.83. The van der Waals surface area contributed by atoms with Crippen molar-refractivity contribution in [2.45, 2.75) is 71.1 Å². The summed E-state index contributed by atoms with van der Waals surface area (Å²) < 4.78 is 0. The summed E-state index contributed by atoms with van der Waals surface area (Å²) in [6, 6.07) is 8.66. The summed E-state index contributed by atoms with van der Waals surface area (Å²) in [5, 5.41) is 0. The van der Waals surface area contributed by atoms with Crippen molar-refractivity contribution in [2.75, 3.05) is 0 Å². The summed E-state index contributed by atoms with van der Waals surface area (Å²) >= 11 is 0. The third-order valence-electron chi connectivity index (χ3n) is 3.59. The molecule has 0 unspecified atom stereocenters. The molecule has 0 aromatic heterocycles. The van der Waals surface area contributed by atoms with E-state index in [-0.39, 0.29) is 0 Å². The molecule has 0 heteroatoms. The molecule has 1 radical (unpaired) electrons. The molecule has 0 aliphatic carbocycles. The lowest BCUT2D eigenvalue weighted by Gasteiger charge is -2.03. The molecule has 0 nitrogen and oxygen atoms in total. The van der Waals surface area contributed by atoms with Crippen LogP contribution in [0.2, 0.25) is 0 Å². The molecule has 1 aromatic carbocycles. The van der Waals surface area contributed by atoms with Gasteiger partial charge in [0.2, 0.25) is 0 Å². The van der Waals surface area contributed by atoms with E-state index in [1.54, 1.807) is 0 Å². The highest BCUT2D eigenvalue weighted by Gasteiger charge is 1.94. The number of hydrogen-bond acceptors (Lipinski definition) is 0. The quantitative estimate of drug-likeness (QED) is 0.447. The van der Waals surface area contributed by atoms with E-state index in [0.717, 1.165) is 5.56 Å². The molecule has 1 aromatic rings. The average Bonchev–Trinajstić information content (AvgIpc) is 2.39.